The molecule has 1 saturated heterocycles. The molecule has 7 nitrogen and oxygen atoms in total. The summed E-state index contributed by atoms with van der Waals surface area (Å²) in [6.07, 6.45) is 3.30. The lowest BCUT2D eigenvalue weighted by molar-refractivity contribution is -0.146. The number of benzene rings is 1. The molecule has 2 aliphatic rings. The molecule has 0 bridgehead atoms. The van der Waals surface area contributed by atoms with Crippen LogP contribution in [0.4, 0.5) is 10.5 Å². The maximum absolute atomic E-state index is 12.9. The SMILES string of the molecule is COC(=O)[C@H]1CC[C@H](N(C)C(=O)N2CCN(c3ccc(CN)cc3)CC2)CC1.Cl. The van der Waals surface area contributed by atoms with Gasteiger partial charge < -0.3 is 25.2 Å². The summed E-state index contributed by atoms with van der Waals surface area (Å²) >= 11 is 0. The van der Waals surface area contributed by atoms with Gasteiger partial charge in [0.05, 0.1) is 13.0 Å². The summed E-state index contributed by atoms with van der Waals surface area (Å²) in [5.41, 5.74) is 7.97. The average molecular weight is 425 g/mol. The van der Waals surface area contributed by atoms with Gasteiger partial charge in [-0.3, -0.25) is 4.79 Å². The summed E-state index contributed by atoms with van der Waals surface area (Å²) in [7, 11) is 3.33. The Bertz CT molecular complexity index is 669. The Hall–Kier alpha value is -1.99. The Morgan fingerprint density at radius 2 is 1.66 bits per heavy atom. The van der Waals surface area contributed by atoms with Crippen LogP contribution in [0.25, 0.3) is 0 Å². The van der Waals surface area contributed by atoms with Crippen molar-refractivity contribution in [2.24, 2.45) is 11.7 Å². The number of urea groups is 1. The third-order valence-electron chi connectivity index (χ3n) is 6.17. The molecule has 2 fully saturated rings. The number of halogens is 1. The molecule has 29 heavy (non-hydrogen) atoms. The number of hydrogen-bond acceptors (Lipinski definition) is 5. The Morgan fingerprint density at radius 1 is 1.07 bits per heavy atom. The highest BCUT2D eigenvalue weighted by molar-refractivity contribution is 5.85. The second-order valence-electron chi connectivity index (χ2n) is 7.77. The molecule has 0 unspecified atom stereocenters. The highest BCUT2D eigenvalue weighted by Gasteiger charge is 2.32. The van der Waals surface area contributed by atoms with Crippen molar-refractivity contribution in [3.05, 3.63) is 29.8 Å². The molecule has 0 spiro atoms. The van der Waals surface area contributed by atoms with Crippen molar-refractivity contribution in [1.29, 1.82) is 0 Å². The fraction of sp³-hybridized carbons (Fsp3) is 0.619. The third kappa shape index (κ3) is 5.54. The molecule has 0 aromatic heterocycles. The lowest BCUT2D eigenvalue weighted by Crippen LogP contribution is -2.54. The number of nitrogens with zero attached hydrogens (tertiary/aromatic N) is 3. The largest absolute Gasteiger partial charge is 0.469 e. The average Bonchev–Trinajstić information content (AvgIpc) is 2.78. The van der Waals surface area contributed by atoms with Gasteiger partial charge in [-0.25, -0.2) is 4.79 Å². The van der Waals surface area contributed by atoms with E-state index in [1.165, 1.54) is 12.8 Å². The summed E-state index contributed by atoms with van der Waals surface area (Å²) in [4.78, 5) is 30.7. The van der Waals surface area contributed by atoms with Crippen molar-refractivity contribution in [2.75, 3.05) is 45.2 Å². The molecule has 0 atom stereocenters. The first-order valence-corrected chi connectivity index (χ1v) is 10.2. The molecule has 2 amide bonds. The normalized spacial score (nSPS) is 21.9. The van der Waals surface area contributed by atoms with E-state index in [4.69, 9.17) is 10.5 Å². The number of esters is 1. The standard InChI is InChI=1S/C21H32N4O3.ClH/c1-23(18-9-5-17(6-10-18)20(26)28-2)21(27)25-13-11-24(12-14-25)19-7-3-16(15-22)4-8-19;/h3-4,7-8,17-18H,5-6,9-15,22H2,1-2H3;1H/t17-,18-;. The first-order chi connectivity index (χ1) is 13.5. The second-order valence-corrected chi connectivity index (χ2v) is 7.77. The quantitative estimate of drug-likeness (QED) is 0.751. The van der Waals surface area contributed by atoms with Gasteiger partial charge in [-0.2, -0.15) is 0 Å². The van der Waals surface area contributed by atoms with Gasteiger partial charge in [0.15, 0.2) is 0 Å². The summed E-state index contributed by atoms with van der Waals surface area (Å²) in [5, 5.41) is 0. The second kappa shape index (κ2) is 10.7. The minimum absolute atomic E-state index is 0. The molecule has 1 aromatic carbocycles. The lowest BCUT2D eigenvalue weighted by Gasteiger charge is -2.40. The number of nitrogens with two attached hydrogens (primary N) is 1. The Morgan fingerprint density at radius 3 is 2.17 bits per heavy atom. The molecule has 1 saturated carbocycles. The summed E-state index contributed by atoms with van der Waals surface area (Å²) in [6.45, 7) is 3.66. The first-order valence-electron chi connectivity index (χ1n) is 10.2. The van der Waals surface area contributed by atoms with Crippen LogP contribution in [0.2, 0.25) is 0 Å². The van der Waals surface area contributed by atoms with Crippen LogP contribution in [0, 0.1) is 5.92 Å². The number of amides is 2. The lowest BCUT2D eigenvalue weighted by atomic mass is 9.85. The van der Waals surface area contributed by atoms with E-state index in [-0.39, 0.29) is 36.4 Å². The predicted molar refractivity (Wildman–Crippen MR) is 116 cm³/mol. The summed E-state index contributed by atoms with van der Waals surface area (Å²) in [5.74, 6) is -0.137. The topological polar surface area (TPSA) is 79.1 Å². The molecule has 162 valence electrons. The number of hydrogen-bond donors (Lipinski definition) is 1. The monoisotopic (exact) mass is 424 g/mol. The van der Waals surface area contributed by atoms with Crippen LogP contribution in [0.3, 0.4) is 0 Å². The van der Waals surface area contributed by atoms with Crippen molar-refractivity contribution in [2.45, 2.75) is 38.3 Å². The molecule has 8 heteroatoms. The number of carbonyl (C=O) groups excluding carboxylic acids is 2. The van der Waals surface area contributed by atoms with Crippen molar-refractivity contribution < 1.29 is 14.3 Å². The number of ether oxygens (including phenoxy) is 1. The van der Waals surface area contributed by atoms with Crippen LogP contribution in [0.15, 0.2) is 24.3 Å². The Balaban J connectivity index is 0.00000300. The van der Waals surface area contributed by atoms with E-state index in [2.05, 4.69) is 29.2 Å². The zero-order chi connectivity index (χ0) is 20.1. The number of methoxy groups -OCH3 is 1. The van der Waals surface area contributed by atoms with Gasteiger partial charge in [-0.05, 0) is 43.4 Å². The van der Waals surface area contributed by atoms with E-state index >= 15 is 0 Å². The van der Waals surface area contributed by atoms with Crippen LogP contribution < -0.4 is 10.6 Å². The molecular formula is C21H33ClN4O3. The van der Waals surface area contributed by atoms with E-state index < -0.39 is 0 Å². The van der Waals surface area contributed by atoms with Gasteiger partial charge in [0.2, 0.25) is 0 Å². The van der Waals surface area contributed by atoms with Gasteiger partial charge in [0.25, 0.3) is 0 Å². The highest BCUT2D eigenvalue weighted by Crippen LogP contribution is 2.28. The number of piperazine rings is 1. The Labute approximate surface area is 179 Å². The highest BCUT2D eigenvalue weighted by atomic mass is 35.5. The predicted octanol–water partition coefficient (Wildman–Crippen LogP) is 2.47. The third-order valence-corrected chi connectivity index (χ3v) is 6.17. The van der Waals surface area contributed by atoms with E-state index in [9.17, 15) is 9.59 Å². The molecule has 1 aromatic rings. The maximum atomic E-state index is 12.9. The Kier molecular flexibility index (Phi) is 8.59. The van der Waals surface area contributed by atoms with Crippen LogP contribution in [-0.4, -0.2) is 68.2 Å². The summed E-state index contributed by atoms with van der Waals surface area (Å²) in [6, 6.07) is 8.63. The first kappa shape index (κ1) is 23.3. The van der Waals surface area contributed by atoms with Gasteiger partial charge in [-0.15, -0.1) is 12.4 Å². The smallest absolute Gasteiger partial charge is 0.320 e. The number of carbonyl (C=O) groups is 2. The van der Waals surface area contributed by atoms with Crippen molar-refractivity contribution >= 4 is 30.1 Å². The van der Waals surface area contributed by atoms with Crippen molar-refractivity contribution in [3.63, 3.8) is 0 Å². The van der Waals surface area contributed by atoms with Crippen LogP contribution >= 0.6 is 12.4 Å². The zero-order valence-electron chi connectivity index (χ0n) is 17.4. The summed E-state index contributed by atoms with van der Waals surface area (Å²) < 4.78 is 4.85. The van der Waals surface area contributed by atoms with Crippen molar-refractivity contribution in [3.8, 4) is 0 Å². The molecule has 0 radical (unpaired) electrons. The van der Waals surface area contributed by atoms with Gasteiger partial charge in [0.1, 0.15) is 0 Å². The fourth-order valence-electron chi connectivity index (χ4n) is 4.24. The molecular weight excluding hydrogens is 392 g/mol. The van der Waals surface area contributed by atoms with Gasteiger partial charge in [-0.1, -0.05) is 12.1 Å². The molecule has 1 aliphatic heterocycles. The van der Waals surface area contributed by atoms with Crippen LogP contribution in [0.5, 0.6) is 0 Å². The molecule has 2 N–H and O–H groups in total. The molecule has 1 heterocycles. The minimum Gasteiger partial charge on any atom is -0.469 e. The van der Waals surface area contributed by atoms with Crippen molar-refractivity contribution in [1.82, 2.24) is 9.80 Å². The fourth-order valence-corrected chi connectivity index (χ4v) is 4.24. The van der Waals surface area contributed by atoms with E-state index in [1.807, 2.05) is 16.8 Å². The van der Waals surface area contributed by atoms with Crippen LogP contribution in [-0.2, 0) is 16.1 Å². The zero-order valence-corrected chi connectivity index (χ0v) is 18.2. The number of anilines is 1. The maximum Gasteiger partial charge on any atom is 0.320 e. The molecule has 1 aliphatic carbocycles. The van der Waals surface area contributed by atoms with Gasteiger partial charge in [0, 0.05) is 51.5 Å². The van der Waals surface area contributed by atoms with E-state index in [0.29, 0.717) is 6.54 Å². The molecule has 3 rings (SSSR count). The van der Waals surface area contributed by atoms with Crippen LogP contribution in [0.1, 0.15) is 31.2 Å². The minimum atomic E-state index is -0.122. The van der Waals surface area contributed by atoms with E-state index in [1.54, 1.807) is 0 Å². The van der Waals surface area contributed by atoms with E-state index in [0.717, 1.165) is 57.4 Å². The number of rotatable bonds is 4. The van der Waals surface area contributed by atoms with Gasteiger partial charge >= 0.3 is 12.0 Å².